The van der Waals surface area contributed by atoms with Crippen LogP contribution >= 0.6 is 0 Å². The van der Waals surface area contributed by atoms with Gasteiger partial charge in [0.2, 0.25) is 0 Å². The van der Waals surface area contributed by atoms with Gasteiger partial charge >= 0.3 is 6.61 Å². The van der Waals surface area contributed by atoms with Crippen molar-refractivity contribution in [2.24, 2.45) is 0 Å². The van der Waals surface area contributed by atoms with Gasteiger partial charge in [-0.15, -0.1) is 0 Å². The molecule has 0 spiro atoms. The Kier molecular flexibility index (Phi) is 6.35. The molecule has 0 radical (unpaired) electrons. The second-order valence-electron chi connectivity index (χ2n) is 9.07. The lowest BCUT2D eigenvalue weighted by atomic mass is 10.0. The minimum Gasteiger partial charge on any atom is -0.435 e. The SMILES string of the molecule is Cc1cccc(S(=O)(=O)N2CC3CS(=O)(=O)CCN3c3ccc(-c4cc(F)cc(OC(F)F)c4)cc32)c1. The zero-order chi connectivity index (χ0) is 26.5. The quantitative estimate of drug-likeness (QED) is 0.472. The maximum Gasteiger partial charge on any atom is 0.387 e. The van der Waals surface area contributed by atoms with Gasteiger partial charge in [0.1, 0.15) is 11.6 Å². The molecule has 196 valence electrons. The van der Waals surface area contributed by atoms with Crippen LogP contribution in [0.5, 0.6) is 5.75 Å². The molecule has 12 heteroatoms. The van der Waals surface area contributed by atoms with E-state index in [1.807, 2.05) is 4.90 Å². The smallest absolute Gasteiger partial charge is 0.387 e. The largest absolute Gasteiger partial charge is 0.435 e. The summed E-state index contributed by atoms with van der Waals surface area (Å²) in [6.45, 7) is -1.28. The van der Waals surface area contributed by atoms with Crippen molar-refractivity contribution in [2.75, 3.05) is 33.8 Å². The highest BCUT2D eigenvalue weighted by atomic mass is 32.2. The van der Waals surface area contributed by atoms with Gasteiger partial charge in [0.25, 0.3) is 10.0 Å². The van der Waals surface area contributed by atoms with E-state index in [-0.39, 0.29) is 46.5 Å². The third kappa shape index (κ3) is 4.99. The van der Waals surface area contributed by atoms with Gasteiger partial charge in [-0.05, 0) is 60.0 Å². The van der Waals surface area contributed by atoms with Crippen LogP contribution in [0.3, 0.4) is 0 Å². The molecule has 3 aromatic carbocycles. The van der Waals surface area contributed by atoms with E-state index in [2.05, 4.69) is 4.74 Å². The second-order valence-corrected chi connectivity index (χ2v) is 13.2. The van der Waals surface area contributed by atoms with Gasteiger partial charge in [-0.3, -0.25) is 4.31 Å². The highest BCUT2D eigenvalue weighted by Crippen LogP contribution is 2.43. The number of hydrogen-bond acceptors (Lipinski definition) is 6. The molecule has 7 nitrogen and oxygen atoms in total. The Morgan fingerprint density at radius 3 is 2.51 bits per heavy atom. The lowest BCUT2D eigenvalue weighted by Crippen LogP contribution is -2.57. The zero-order valence-corrected chi connectivity index (χ0v) is 21.3. The van der Waals surface area contributed by atoms with Crippen LogP contribution in [0.25, 0.3) is 11.1 Å². The molecule has 5 rings (SSSR count). The first-order valence-electron chi connectivity index (χ1n) is 11.4. The van der Waals surface area contributed by atoms with Crippen LogP contribution in [0.4, 0.5) is 24.5 Å². The number of hydrogen-bond donors (Lipinski definition) is 0. The maximum absolute atomic E-state index is 14.2. The van der Waals surface area contributed by atoms with Crippen LogP contribution in [0, 0.1) is 12.7 Å². The van der Waals surface area contributed by atoms with Crippen molar-refractivity contribution in [1.29, 1.82) is 0 Å². The molecule has 0 saturated carbocycles. The molecule has 1 unspecified atom stereocenters. The van der Waals surface area contributed by atoms with E-state index in [4.69, 9.17) is 0 Å². The minimum absolute atomic E-state index is 0.0503. The van der Waals surface area contributed by atoms with E-state index >= 15 is 0 Å². The van der Waals surface area contributed by atoms with Gasteiger partial charge in [0.05, 0.1) is 40.4 Å². The van der Waals surface area contributed by atoms with Crippen LogP contribution in [0.15, 0.2) is 65.6 Å². The highest BCUT2D eigenvalue weighted by Gasteiger charge is 2.41. The van der Waals surface area contributed by atoms with Crippen molar-refractivity contribution < 1.29 is 34.7 Å². The topological polar surface area (TPSA) is 84.0 Å². The molecular weight excluding hydrogens is 529 g/mol. The third-order valence-corrected chi connectivity index (χ3v) is 9.94. The number of nitrogens with zero attached hydrogens (tertiary/aromatic N) is 2. The van der Waals surface area contributed by atoms with Gasteiger partial charge in [-0.2, -0.15) is 8.78 Å². The van der Waals surface area contributed by atoms with E-state index in [9.17, 15) is 30.0 Å². The lowest BCUT2D eigenvalue weighted by Gasteiger charge is -2.46. The highest BCUT2D eigenvalue weighted by molar-refractivity contribution is 7.93. The predicted octanol–water partition coefficient (Wildman–Crippen LogP) is 4.21. The van der Waals surface area contributed by atoms with E-state index in [0.717, 1.165) is 17.7 Å². The van der Waals surface area contributed by atoms with Crippen molar-refractivity contribution >= 4 is 31.2 Å². The number of rotatable bonds is 5. The predicted molar refractivity (Wildman–Crippen MR) is 134 cm³/mol. The standard InChI is InChI=1S/C25H23F3N2O5S2/c1-16-3-2-4-22(9-16)37(33,34)30-14-20-15-36(31,32)8-7-29(20)23-6-5-17(12-24(23)30)18-10-19(26)13-21(11-18)35-25(27)28/h2-6,9-13,20,25H,7-8,14-15H2,1H3. The molecule has 0 amide bonds. The van der Waals surface area contributed by atoms with Crippen molar-refractivity contribution in [1.82, 2.24) is 0 Å². The summed E-state index contributed by atoms with van der Waals surface area (Å²) in [6, 6.07) is 13.8. The number of sulfone groups is 1. The summed E-state index contributed by atoms with van der Waals surface area (Å²) in [6.07, 6.45) is 0. The molecule has 1 saturated heterocycles. The normalized spacial score (nSPS) is 18.9. The number of anilines is 2. The Morgan fingerprint density at radius 2 is 1.78 bits per heavy atom. The summed E-state index contributed by atoms with van der Waals surface area (Å²) in [7, 11) is -7.45. The number of ether oxygens (including phenoxy) is 1. The number of alkyl halides is 2. The van der Waals surface area contributed by atoms with E-state index in [1.165, 1.54) is 22.5 Å². The summed E-state index contributed by atoms with van der Waals surface area (Å²) < 4.78 is 97.6. The first kappa shape index (κ1) is 25.4. The fourth-order valence-electron chi connectivity index (χ4n) is 4.82. The van der Waals surface area contributed by atoms with Crippen LogP contribution in [0.2, 0.25) is 0 Å². The molecule has 0 bridgehead atoms. The number of halogens is 3. The van der Waals surface area contributed by atoms with Gasteiger partial charge in [0.15, 0.2) is 9.84 Å². The fourth-order valence-corrected chi connectivity index (χ4v) is 7.95. The van der Waals surface area contributed by atoms with Gasteiger partial charge < -0.3 is 9.64 Å². The summed E-state index contributed by atoms with van der Waals surface area (Å²) in [5.41, 5.74) is 2.14. The summed E-state index contributed by atoms with van der Waals surface area (Å²) >= 11 is 0. The molecule has 1 fully saturated rings. The number of fused-ring (bicyclic) bond motifs is 3. The molecule has 2 aliphatic rings. The first-order chi connectivity index (χ1) is 17.4. The Morgan fingerprint density at radius 1 is 1.00 bits per heavy atom. The first-order valence-corrected chi connectivity index (χ1v) is 14.7. The van der Waals surface area contributed by atoms with Crippen molar-refractivity contribution in [2.45, 2.75) is 24.5 Å². The fraction of sp³-hybridized carbons (Fsp3) is 0.280. The van der Waals surface area contributed by atoms with Gasteiger partial charge in [-0.25, -0.2) is 21.2 Å². The minimum atomic E-state index is -4.10. The summed E-state index contributed by atoms with van der Waals surface area (Å²) in [5, 5.41) is 0. The second kappa shape index (κ2) is 9.25. The van der Waals surface area contributed by atoms with Crippen molar-refractivity contribution in [3.63, 3.8) is 0 Å². The molecule has 1 atom stereocenters. The third-order valence-electron chi connectivity index (χ3n) is 6.47. The molecule has 0 aliphatic carbocycles. The van der Waals surface area contributed by atoms with E-state index in [0.29, 0.717) is 11.3 Å². The Labute approximate surface area is 213 Å². The average molecular weight is 553 g/mol. The Hall–Kier alpha value is -3.25. The molecular formula is C25H23F3N2O5S2. The molecule has 0 aromatic heterocycles. The van der Waals surface area contributed by atoms with Gasteiger partial charge in [-0.1, -0.05) is 18.2 Å². The van der Waals surface area contributed by atoms with Crippen LogP contribution in [-0.2, 0) is 19.9 Å². The van der Waals surface area contributed by atoms with E-state index in [1.54, 1.807) is 37.3 Å². The van der Waals surface area contributed by atoms with Crippen molar-refractivity contribution in [3.8, 4) is 16.9 Å². The van der Waals surface area contributed by atoms with E-state index < -0.39 is 38.3 Å². The monoisotopic (exact) mass is 552 g/mol. The summed E-state index contributed by atoms with van der Waals surface area (Å²) in [5.74, 6) is -1.41. The van der Waals surface area contributed by atoms with Crippen LogP contribution < -0.4 is 13.9 Å². The van der Waals surface area contributed by atoms with Crippen LogP contribution in [0.1, 0.15) is 5.56 Å². The Bertz CT molecular complexity index is 1580. The molecule has 0 N–H and O–H groups in total. The summed E-state index contributed by atoms with van der Waals surface area (Å²) in [4.78, 5) is 1.92. The maximum atomic E-state index is 14.2. The van der Waals surface area contributed by atoms with Crippen molar-refractivity contribution in [3.05, 3.63) is 72.0 Å². The Balaban J connectivity index is 1.65. The lowest BCUT2D eigenvalue weighted by molar-refractivity contribution is -0.0499. The van der Waals surface area contributed by atoms with Crippen LogP contribution in [-0.4, -0.2) is 54.1 Å². The zero-order valence-electron chi connectivity index (χ0n) is 19.6. The number of aryl methyl sites for hydroxylation is 1. The average Bonchev–Trinajstić information content (AvgIpc) is 2.81. The number of sulfonamides is 1. The molecule has 2 heterocycles. The molecule has 3 aromatic rings. The molecule has 37 heavy (non-hydrogen) atoms. The number of benzene rings is 3. The molecule has 2 aliphatic heterocycles. The van der Waals surface area contributed by atoms with Gasteiger partial charge in [0, 0.05) is 12.6 Å².